The number of benzene rings is 1. The molecule has 0 fully saturated rings. The van der Waals surface area contributed by atoms with E-state index < -0.39 is 0 Å². The molecule has 0 aliphatic carbocycles. The van der Waals surface area contributed by atoms with Gasteiger partial charge < -0.3 is 19.7 Å². The van der Waals surface area contributed by atoms with E-state index >= 15 is 0 Å². The third kappa shape index (κ3) is 4.26. The number of rotatable bonds is 7. The molecular weight excluding hydrogens is 246 g/mol. The van der Waals surface area contributed by atoms with E-state index in [2.05, 4.69) is 10.1 Å². The van der Waals surface area contributed by atoms with Gasteiger partial charge in [-0.15, -0.1) is 0 Å². The minimum Gasteiger partial charge on any atom is -0.484 e. The maximum Gasteiger partial charge on any atom is 0.264 e. The van der Waals surface area contributed by atoms with Crippen LogP contribution in [0.3, 0.4) is 0 Å². The van der Waals surface area contributed by atoms with Gasteiger partial charge in [0.1, 0.15) is 5.75 Å². The predicted octanol–water partition coefficient (Wildman–Crippen LogP) is 1.81. The van der Waals surface area contributed by atoms with Crippen molar-refractivity contribution in [3.63, 3.8) is 0 Å². The van der Waals surface area contributed by atoms with E-state index in [4.69, 9.17) is 19.7 Å². The van der Waals surface area contributed by atoms with Crippen LogP contribution in [0.1, 0.15) is 18.1 Å². The molecule has 6 nitrogen and oxygen atoms in total. The van der Waals surface area contributed by atoms with Gasteiger partial charge in [-0.3, -0.25) is 0 Å². The van der Waals surface area contributed by atoms with Crippen molar-refractivity contribution in [3.8, 4) is 5.75 Å². The molecule has 1 heterocycles. The number of nitrogen functional groups attached to an aromatic ring is 1. The van der Waals surface area contributed by atoms with Crippen LogP contribution in [0.2, 0.25) is 0 Å². The van der Waals surface area contributed by atoms with E-state index in [0.29, 0.717) is 29.8 Å². The Kier molecular flexibility index (Phi) is 4.74. The molecule has 0 unspecified atom stereocenters. The number of hydrogen-bond acceptors (Lipinski definition) is 6. The van der Waals surface area contributed by atoms with E-state index in [-0.39, 0.29) is 6.61 Å². The van der Waals surface area contributed by atoms with E-state index in [1.165, 1.54) is 0 Å². The molecule has 0 aliphatic rings. The first-order valence-corrected chi connectivity index (χ1v) is 6.06. The summed E-state index contributed by atoms with van der Waals surface area (Å²) < 4.78 is 15.6. The van der Waals surface area contributed by atoms with Gasteiger partial charge >= 0.3 is 0 Å². The summed E-state index contributed by atoms with van der Waals surface area (Å²) in [6.45, 7) is 0.938. The highest BCUT2D eigenvalue weighted by molar-refractivity contribution is 5.41. The number of aryl methyl sites for hydroxylation is 1. The fourth-order valence-corrected chi connectivity index (χ4v) is 1.53. The molecule has 0 bridgehead atoms. The molecule has 0 saturated carbocycles. The van der Waals surface area contributed by atoms with Crippen LogP contribution in [0, 0.1) is 0 Å². The first-order valence-electron chi connectivity index (χ1n) is 6.06. The molecule has 0 saturated heterocycles. The topological polar surface area (TPSA) is 83.4 Å². The van der Waals surface area contributed by atoms with E-state index in [9.17, 15) is 0 Å². The Morgan fingerprint density at radius 3 is 2.79 bits per heavy atom. The molecule has 0 aliphatic heterocycles. The van der Waals surface area contributed by atoms with Crippen LogP contribution >= 0.6 is 0 Å². The highest BCUT2D eigenvalue weighted by Crippen LogP contribution is 2.14. The maximum absolute atomic E-state index is 5.59. The summed E-state index contributed by atoms with van der Waals surface area (Å²) in [5, 5.41) is 3.87. The Labute approximate surface area is 111 Å². The third-order valence-electron chi connectivity index (χ3n) is 2.50. The maximum atomic E-state index is 5.59. The molecule has 1 aromatic carbocycles. The second kappa shape index (κ2) is 6.75. The molecule has 6 heteroatoms. The van der Waals surface area contributed by atoms with Crippen LogP contribution in [-0.4, -0.2) is 23.9 Å². The smallest absolute Gasteiger partial charge is 0.264 e. The average molecular weight is 263 g/mol. The number of methoxy groups -OCH3 is 1. The highest BCUT2D eigenvalue weighted by Gasteiger charge is 2.06. The Morgan fingerprint density at radius 2 is 2.05 bits per heavy atom. The van der Waals surface area contributed by atoms with Gasteiger partial charge in [-0.2, -0.15) is 4.98 Å². The molecule has 2 rings (SSSR count). The summed E-state index contributed by atoms with van der Waals surface area (Å²) in [6, 6.07) is 7.15. The van der Waals surface area contributed by atoms with Gasteiger partial charge in [-0.1, -0.05) is 5.16 Å². The fraction of sp³-hybridized carbons (Fsp3) is 0.385. The van der Waals surface area contributed by atoms with E-state index in [1.54, 1.807) is 31.4 Å². The average Bonchev–Trinajstić information content (AvgIpc) is 2.86. The molecule has 2 aromatic rings. The van der Waals surface area contributed by atoms with Crippen molar-refractivity contribution in [3.05, 3.63) is 36.0 Å². The van der Waals surface area contributed by atoms with E-state index in [0.717, 1.165) is 12.8 Å². The van der Waals surface area contributed by atoms with Crippen LogP contribution < -0.4 is 10.5 Å². The van der Waals surface area contributed by atoms with Crippen LogP contribution in [0.25, 0.3) is 0 Å². The molecule has 0 amide bonds. The Balaban J connectivity index is 1.81. The Bertz CT molecular complexity index is 496. The lowest BCUT2D eigenvalue weighted by Crippen LogP contribution is -1.97. The second-order valence-electron chi connectivity index (χ2n) is 4.06. The van der Waals surface area contributed by atoms with Gasteiger partial charge in [0.05, 0.1) is 0 Å². The SMILES string of the molecule is COCCCc1noc(COc2ccc(N)cc2)n1. The molecule has 1 aromatic heterocycles. The van der Waals surface area contributed by atoms with Crippen LogP contribution in [-0.2, 0) is 17.8 Å². The van der Waals surface area contributed by atoms with Crippen molar-refractivity contribution in [1.82, 2.24) is 10.1 Å². The summed E-state index contributed by atoms with van der Waals surface area (Å²) in [6.07, 6.45) is 1.60. The third-order valence-corrected chi connectivity index (χ3v) is 2.50. The number of nitrogens with two attached hydrogens (primary N) is 1. The minimum absolute atomic E-state index is 0.251. The fourth-order valence-electron chi connectivity index (χ4n) is 1.53. The van der Waals surface area contributed by atoms with Crippen LogP contribution in [0.5, 0.6) is 5.75 Å². The van der Waals surface area contributed by atoms with Gasteiger partial charge in [0, 0.05) is 25.8 Å². The van der Waals surface area contributed by atoms with Gasteiger partial charge in [0.2, 0.25) is 0 Å². The Morgan fingerprint density at radius 1 is 1.26 bits per heavy atom. The monoisotopic (exact) mass is 263 g/mol. The van der Waals surface area contributed by atoms with E-state index in [1.807, 2.05) is 0 Å². The zero-order valence-corrected chi connectivity index (χ0v) is 10.8. The summed E-state index contributed by atoms with van der Waals surface area (Å²) in [7, 11) is 1.67. The lowest BCUT2D eigenvalue weighted by molar-refractivity contribution is 0.194. The number of ether oxygens (including phenoxy) is 2. The summed E-state index contributed by atoms with van der Waals surface area (Å²) >= 11 is 0. The van der Waals surface area contributed by atoms with Crippen LogP contribution in [0.4, 0.5) is 5.69 Å². The molecule has 0 atom stereocenters. The highest BCUT2D eigenvalue weighted by atomic mass is 16.5. The zero-order chi connectivity index (χ0) is 13.5. The normalized spacial score (nSPS) is 10.6. The van der Waals surface area contributed by atoms with Crippen molar-refractivity contribution in [2.45, 2.75) is 19.4 Å². The van der Waals surface area contributed by atoms with Crippen molar-refractivity contribution >= 4 is 5.69 Å². The van der Waals surface area contributed by atoms with Gasteiger partial charge in [0.25, 0.3) is 5.89 Å². The molecular formula is C13H17N3O3. The first-order chi connectivity index (χ1) is 9.28. The standard InChI is InChI=1S/C13H17N3O3/c1-17-8-2-3-12-15-13(19-16-12)9-18-11-6-4-10(14)5-7-11/h4-7H,2-3,8-9,14H2,1H3. The van der Waals surface area contributed by atoms with Crippen molar-refractivity contribution in [1.29, 1.82) is 0 Å². The van der Waals surface area contributed by atoms with Gasteiger partial charge in [0.15, 0.2) is 12.4 Å². The molecule has 0 spiro atoms. The van der Waals surface area contributed by atoms with Crippen molar-refractivity contribution in [2.75, 3.05) is 19.5 Å². The summed E-state index contributed by atoms with van der Waals surface area (Å²) in [5.74, 6) is 1.85. The van der Waals surface area contributed by atoms with Crippen molar-refractivity contribution < 1.29 is 14.0 Å². The lowest BCUT2D eigenvalue weighted by atomic mass is 10.3. The molecule has 19 heavy (non-hydrogen) atoms. The molecule has 2 N–H and O–H groups in total. The largest absolute Gasteiger partial charge is 0.484 e. The quantitative estimate of drug-likeness (QED) is 0.606. The van der Waals surface area contributed by atoms with Crippen LogP contribution in [0.15, 0.2) is 28.8 Å². The number of hydrogen-bond donors (Lipinski definition) is 1. The Hall–Kier alpha value is -2.08. The molecule has 102 valence electrons. The van der Waals surface area contributed by atoms with Gasteiger partial charge in [-0.25, -0.2) is 0 Å². The first kappa shape index (κ1) is 13.4. The predicted molar refractivity (Wildman–Crippen MR) is 69.7 cm³/mol. The minimum atomic E-state index is 0.251. The lowest BCUT2D eigenvalue weighted by Gasteiger charge is -2.02. The number of nitrogens with zero attached hydrogens (tertiary/aromatic N) is 2. The van der Waals surface area contributed by atoms with Gasteiger partial charge in [-0.05, 0) is 30.7 Å². The summed E-state index contributed by atoms with van der Waals surface area (Å²) in [5.41, 5.74) is 6.29. The zero-order valence-electron chi connectivity index (χ0n) is 10.8. The molecule has 0 radical (unpaired) electrons. The van der Waals surface area contributed by atoms with Crippen molar-refractivity contribution in [2.24, 2.45) is 0 Å². The number of anilines is 1. The summed E-state index contributed by atoms with van der Waals surface area (Å²) in [4.78, 5) is 4.23. The number of aromatic nitrogens is 2. The second-order valence-corrected chi connectivity index (χ2v) is 4.06.